The second kappa shape index (κ2) is 6.52. The number of carboxylic acids is 1. The summed E-state index contributed by atoms with van der Waals surface area (Å²) in [5.74, 6) is -0.836. The molecule has 1 rings (SSSR count). The molecule has 0 amide bonds. The molecule has 1 aromatic carbocycles. The normalized spacial score (nSPS) is 12.7. The fourth-order valence-corrected chi connectivity index (χ4v) is 1.88. The van der Waals surface area contributed by atoms with Crippen molar-refractivity contribution in [3.8, 4) is 0 Å². The number of ether oxygens (including phenoxy) is 1. The molecule has 0 saturated carbocycles. The van der Waals surface area contributed by atoms with Crippen LogP contribution in [0, 0.1) is 13.8 Å². The third-order valence-corrected chi connectivity index (χ3v) is 3.17. The quantitative estimate of drug-likeness (QED) is 0.840. The average molecular weight is 251 g/mol. The minimum atomic E-state index is -0.836. The van der Waals surface area contributed by atoms with Crippen molar-refractivity contribution in [3.63, 3.8) is 0 Å². The van der Waals surface area contributed by atoms with Crippen LogP contribution in [-0.4, -0.2) is 43.3 Å². The summed E-state index contributed by atoms with van der Waals surface area (Å²) in [5, 5.41) is 9.37. The van der Waals surface area contributed by atoms with Gasteiger partial charge in [0.25, 0.3) is 0 Å². The third kappa shape index (κ3) is 3.55. The molecule has 0 bridgehead atoms. The third-order valence-electron chi connectivity index (χ3n) is 3.17. The van der Waals surface area contributed by atoms with Crippen molar-refractivity contribution < 1.29 is 14.6 Å². The van der Waals surface area contributed by atoms with E-state index in [1.54, 1.807) is 19.1 Å². The van der Waals surface area contributed by atoms with Gasteiger partial charge in [-0.3, -0.25) is 9.69 Å². The van der Waals surface area contributed by atoms with Crippen LogP contribution in [0.3, 0.4) is 0 Å². The van der Waals surface area contributed by atoms with Crippen molar-refractivity contribution in [2.75, 3.05) is 27.3 Å². The number of hydrogen-bond acceptors (Lipinski definition) is 3. The number of aryl methyl sites for hydroxylation is 2. The molecule has 0 aliphatic rings. The van der Waals surface area contributed by atoms with Gasteiger partial charge >= 0.3 is 5.97 Å². The van der Waals surface area contributed by atoms with Gasteiger partial charge in [-0.1, -0.05) is 18.2 Å². The Bertz CT molecular complexity index is 418. The second-order valence-corrected chi connectivity index (χ2v) is 4.56. The fraction of sp³-hybridized carbons (Fsp3) is 0.500. The van der Waals surface area contributed by atoms with Gasteiger partial charge in [0.05, 0.1) is 6.61 Å². The van der Waals surface area contributed by atoms with Crippen LogP contribution in [0.5, 0.6) is 0 Å². The zero-order chi connectivity index (χ0) is 13.7. The first-order valence-electron chi connectivity index (χ1n) is 5.96. The molecule has 0 fully saturated rings. The molecule has 0 heterocycles. The van der Waals surface area contributed by atoms with Gasteiger partial charge in [-0.05, 0) is 37.6 Å². The van der Waals surface area contributed by atoms with Crippen LogP contribution < -0.4 is 0 Å². The molecule has 100 valence electrons. The number of rotatable bonds is 6. The van der Waals surface area contributed by atoms with Crippen LogP contribution in [0.1, 0.15) is 22.7 Å². The molecule has 0 spiro atoms. The first kappa shape index (κ1) is 14.7. The van der Waals surface area contributed by atoms with E-state index in [9.17, 15) is 9.90 Å². The van der Waals surface area contributed by atoms with Gasteiger partial charge in [-0.15, -0.1) is 0 Å². The highest BCUT2D eigenvalue weighted by atomic mass is 16.5. The topological polar surface area (TPSA) is 49.8 Å². The summed E-state index contributed by atoms with van der Waals surface area (Å²) in [5.41, 5.74) is 3.09. The molecular weight excluding hydrogens is 230 g/mol. The summed E-state index contributed by atoms with van der Waals surface area (Å²) < 4.78 is 4.99. The van der Waals surface area contributed by atoms with E-state index >= 15 is 0 Å². The molecule has 4 nitrogen and oxygen atoms in total. The maximum atomic E-state index is 11.4. The van der Waals surface area contributed by atoms with Gasteiger partial charge in [0.15, 0.2) is 0 Å². The number of hydrogen-bond donors (Lipinski definition) is 1. The molecule has 0 saturated heterocycles. The molecule has 4 heteroatoms. The number of likely N-dealkylation sites (N-methyl/N-ethyl adjacent to an activating group) is 1. The zero-order valence-corrected chi connectivity index (χ0v) is 11.4. The molecule has 0 unspecified atom stereocenters. The average Bonchev–Trinajstić information content (AvgIpc) is 2.31. The maximum Gasteiger partial charge on any atom is 0.325 e. The van der Waals surface area contributed by atoms with Crippen LogP contribution in [0.25, 0.3) is 0 Å². The molecule has 1 N–H and O–H groups in total. The van der Waals surface area contributed by atoms with E-state index in [1.807, 2.05) is 32.0 Å². The van der Waals surface area contributed by atoms with E-state index < -0.39 is 12.0 Å². The van der Waals surface area contributed by atoms with Crippen molar-refractivity contribution in [2.24, 2.45) is 0 Å². The Labute approximate surface area is 108 Å². The van der Waals surface area contributed by atoms with Crippen molar-refractivity contribution in [1.82, 2.24) is 4.90 Å². The SMILES string of the molecule is COCCN(C)[C@@H](C(=O)O)c1ccc(C)c(C)c1. The maximum absolute atomic E-state index is 11.4. The predicted molar refractivity (Wildman–Crippen MR) is 70.8 cm³/mol. The number of carbonyl (C=O) groups is 1. The number of aliphatic carboxylic acids is 1. The first-order chi connectivity index (χ1) is 8.47. The Morgan fingerprint density at radius 1 is 1.39 bits per heavy atom. The van der Waals surface area contributed by atoms with Crippen LogP contribution in [0.2, 0.25) is 0 Å². The Morgan fingerprint density at radius 2 is 2.06 bits per heavy atom. The van der Waals surface area contributed by atoms with E-state index in [-0.39, 0.29) is 0 Å². The number of nitrogens with zero attached hydrogens (tertiary/aromatic N) is 1. The van der Waals surface area contributed by atoms with Crippen LogP contribution in [0.4, 0.5) is 0 Å². The number of carboxylic acid groups (broad SMARTS) is 1. The van der Waals surface area contributed by atoms with E-state index in [0.29, 0.717) is 13.2 Å². The van der Waals surface area contributed by atoms with Crippen LogP contribution >= 0.6 is 0 Å². The van der Waals surface area contributed by atoms with Gasteiger partial charge in [0.1, 0.15) is 6.04 Å². The largest absolute Gasteiger partial charge is 0.480 e. The summed E-state index contributed by atoms with van der Waals surface area (Å²) in [7, 11) is 3.41. The van der Waals surface area contributed by atoms with Gasteiger partial charge in [-0.2, -0.15) is 0 Å². The van der Waals surface area contributed by atoms with E-state index in [2.05, 4.69) is 0 Å². The smallest absolute Gasteiger partial charge is 0.325 e. The summed E-state index contributed by atoms with van der Waals surface area (Å²) in [6.45, 7) is 5.11. The molecule has 0 aliphatic carbocycles. The number of methoxy groups -OCH3 is 1. The van der Waals surface area contributed by atoms with Gasteiger partial charge in [0, 0.05) is 13.7 Å². The molecule has 0 aromatic heterocycles. The van der Waals surface area contributed by atoms with Crippen molar-refractivity contribution in [3.05, 3.63) is 34.9 Å². The lowest BCUT2D eigenvalue weighted by atomic mass is 10.0. The van der Waals surface area contributed by atoms with Crippen molar-refractivity contribution in [2.45, 2.75) is 19.9 Å². The Hall–Kier alpha value is -1.39. The van der Waals surface area contributed by atoms with Crippen LogP contribution in [-0.2, 0) is 9.53 Å². The zero-order valence-electron chi connectivity index (χ0n) is 11.4. The highest BCUT2D eigenvalue weighted by Gasteiger charge is 2.24. The fourth-order valence-electron chi connectivity index (χ4n) is 1.88. The highest BCUT2D eigenvalue weighted by Crippen LogP contribution is 2.22. The minimum absolute atomic E-state index is 0.519. The Morgan fingerprint density at radius 3 is 2.56 bits per heavy atom. The highest BCUT2D eigenvalue weighted by molar-refractivity contribution is 5.75. The monoisotopic (exact) mass is 251 g/mol. The lowest BCUT2D eigenvalue weighted by Gasteiger charge is -2.25. The van der Waals surface area contributed by atoms with Gasteiger partial charge in [0.2, 0.25) is 0 Å². The summed E-state index contributed by atoms with van der Waals surface area (Å²) >= 11 is 0. The molecule has 0 aliphatic heterocycles. The molecular formula is C14H21NO3. The summed E-state index contributed by atoms with van der Waals surface area (Å²) in [6, 6.07) is 5.16. The lowest BCUT2D eigenvalue weighted by Crippen LogP contribution is -2.33. The molecule has 1 atom stereocenters. The van der Waals surface area contributed by atoms with Crippen LogP contribution in [0.15, 0.2) is 18.2 Å². The number of benzene rings is 1. The lowest BCUT2D eigenvalue weighted by molar-refractivity contribution is -0.143. The van der Waals surface area contributed by atoms with Gasteiger partial charge < -0.3 is 9.84 Å². The van der Waals surface area contributed by atoms with Crippen molar-refractivity contribution in [1.29, 1.82) is 0 Å². The predicted octanol–water partition coefficient (Wildman–Crippen LogP) is 2.01. The second-order valence-electron chi connectivity index (χ2n) is 4.56. The molecule has 1 aromatic rings. The van der Waals surface area contributed by atoms with E-state index in [4.69, 9.17) is 4.74 Å². The van der Waals surface area contributed by atoms with Crippen molar-refractivity contribution >= 4 is 5.97 Å². The van der Waals surface area contributed by atoms with E-state index in [0.717, 1.165) is 11.1 Å². The first-order valence-corrected chi connectivity index (χ1v) is 5.96. The Kier molecular flexibility index (Phi) is 5.31. The molecule has 18 heavy (non-hydrogen) atoms. The Balaban J connectivity index is 2.97. The summed E-state index contributed by atoms with van der Waals surface area (Å²) in [4.78, 5) is 13.2. The van der Waals surface area contributed by atoms with E-state index in [1.165, 1.54) is 5.56 Å². The summed E-state index contributed by atoms with van der Waals surface area (Å²) in [6.07, 6.45) is 0. The standard InChI is InChI=1S/C14H21NO3/c1-10-5-6-12(9-11(10)2)13(14(16)17)15(3)7-8-18-4/h5-6,9,13H,7-8H2,1-4H3,(H,16,17)/t13-/m1/s1. The minimum Gasteiger partial charge on any atom is -0.480 e. The van der Waals surface area contributed by atoms with Gasteiger partial charge in [-0.25, -0.2) is 0 Å². The molecule has 0 radical (unpaired) electrons.